The van der Waals surface area contributed by atoms with Gasteiger partial charge in [-0.1, -0.05) is 13.3 Å². The van der Waals surface area contributed by atoms with E-state index in [2.05, 4.69) is 33.3 Å². The van der Waals surface area contributed by atoms with Crippen molar-refractivity contribution in [2.24, 2.45) is 0 Å². The van der Waals surface area contributed by atoms with E-state index in [0.29, 0.717) is 23.2 Å². The molecule has 0 amide bonds. The molecule has 2 aromatic heterocycles. The van der Waals surface area contributed by atoms with Gasteiger partial charge in [-0.05, 0) is 31.0 Å². The zero-order valence-corrected chi connectivity index (χ0v) is 17.2. The third-order valence-corrected chi connectivity index (χ3v) is 4.48. The number of pyridine rings is 1. The zero-order valence-electron chi connectivity index (χ0n) is 17.2. The van der Waals surface area contributed by atoms with Gasteiger partial charge in [0.1, 0.15) is 0 Å². The number of ether oxygens (including phenoxy) is 3. The summed E-state index contributed by atoms with van der Waals surface area (Å²) in [7, 11) is 4.73. The van der Waals surface area contributed by atoms with Gasteiger partial charge in [0.2, 0.25) is 11.7 Å². The second kappa shape index (κ2) is 9.73. The average molecular weight is 394 g/mol. The first-order valence-corrected chi connectivity index (χ1v) is 9.53. The number of aromatic nitrogens is 3. The van der Waals surface area contributed by atoms with Crippen LogP contribution in [0.25, 0.3) is 11.3 Å². The van der Waals surface area contributed by atoms with Crippen LogP contribution < -0.4 is 19.5 Å². The van der Waals surface area contributed by atoms with Gasteiger partial charge in [0, 0.05) is 41.5 Å². The molecule has 0 aliphatic heterocycles. The molecule has 0 saturated carbocycles. The summed E-state index contributed by atoms with van der Waals surface area (Å²) >= 11 is 0. The largest absolute Gasteiger partial charge is 0.493 e. The van der Waals surface area contributed by atoms with E-state index in [9.17, 15) is 0 Å². The smallest absolute Gasteiger partial charge is 0.227 e. The van der Waals surface area contributed by atoms with Gasteiger partial charge in [0.25, 0.3) is 0 Å². The Kier molecular flexibility index (Phi) is 6.84. The zero-order chi connectivity index (χ0) is 20.6. The van der Waals surface area contributed by atoms with Crippen molar-refractivity contribution in [3.63, 3.8) is 0 Å². The molecule has 3 aromatic rings. The van der Waals surface area contributed by atoms with Gasteiger partial charge in [-0.2, -0.15) is 0 Å². The van der Waals surface area contributed by atoms with Crippen molar-refractivity contribution >= 4 is 11.6 Å². The van der Waals surface area contributed by atoms with Crippen molar-refractivity contribution < 1.29 is 14.2 Å². The Morgan fingerprint density at radius 1 is 0.931 bits per heavy atom. The molecule has 3 rings (SSSR count). The van der Waals surface area contributed by atoms with Crippen molar-refractivity contribution in [2.75, 3.05) is 26.6 Å². The quantitative estimate of drug-likeness (QED) is 0.566. The Bertz CT molecular complexity index is 920. The van der Waals surface area contributed by atoms with Crippen molar-refractivity contribution in [3.05, 3.63) is 48.4 Å². The summed E-state index contributed by atoms with van der Waals surface area (Å²) in [6.45, 7) is 2.18. The highest BCUT2D eigenvalue weighted by molar-refractivity contribution is 5.67. The Labute approximate surface area is 171 Å². The van der Waals surface area contributed by atoms with Gasteiger partial charge in [-0.3, -0.25) is 4.98 Å². The molecule has 7 nitrogen and oxygen atoms in total. The lowest BCUT2D eigenvalue weighted by molar-refractivity contribution is 0.324. The predicted octanol–water partition coefficient (Wildman–Crippen LogP) is 4.65. The van der Waals surface area contributed by atoms with E-state index < -0.39 is 0 Å². The second-order valence-corrected chi connectivity index (χ2v) is 6.45. The number of hydrogen-bond donors (Lipinski definition) is 1. The molecule has 152 valence electrons. The van der Waals surface area contributed by atoms with E-state index in [1.54, 1.807) is 27.5 Å². The maximum absolute atomic E-state index is 5.40. The van der Waals surface area contributed by atoms with Crippen LogP contribution in [0.5, 0.6) is 17.2 Å². The summed E-state index contributed by atoms with van der Waals surface area (Å²) in [5, 5.41) is 3.20. The van der Waals surface area contributed by atoms with Crippen LogP contribution in [0.2, 0.25) is 0 Å². The van der Waals surface area contributed by atoms with Gasteiger partial charge in [0.15, 0.2) is 11.5 Å². The SMILES string of the molecule is CCCCc1ccc(-c2ccnc(Nc3cc(OC)c(OC)c(OC)c3)n2)cn1. The van der Waals surface area contributed by atoms with Crippen LogP contribution in [0.4, 0.5) is 11.6 Å². The van der Waals surface area contributed by atoms with Crippen LogP contribution in [0.3, 0.4) is 0 Å². The van der Waals surface area contributed by atoms with Gasteiger partial charge in [-0.25, -0.2) is 9.97 Å². The fraction of sp³-hybridized carbons (Fsp3) is 0.318. The van der Waals surface area contributed by atoms with Crippen LogP contribution in [0.15, 0.2) is 42.7 Å². The minimum absolute atomic E-state index is 0.465. The highest BCUT2D eigenvalue weighted by Gasteiger charge is 2.14. The minimum atomic E-state index is 0.465. The standard InChI is InChI=1S/C22H26N4O3/c1-5-6-7-16-9-8-15(14-24-16)18-10-11-23-22(26-18)25-17-12-19(27-2)21(29-4)20(13-17)28-3/h8-14H,5-7H2,1-4H3,(H,23,25,26). The molecule has 7 heteroatoms. The normalized spacial score (nSPS) is 10.5. The molecule has 0 unspecified atom stereocenters. The molecule has 0 saturated heterocycles. The van der Waals surface area contributed by atoms with Crippen LogP contribution in [0.1, 0.15) is 25.5 Å². The number of aryl methyl sites for hydroxylation is 1. The summed E-state index contributed by atoms with van der Waals surface area (Å²) in [5.41, 5.74) is 3.56. The highest BCUT2D eigenvalue weighted by Crippen LogP contribution is 2.40. The number of nitrogens with one attached hydrogen (secondary N) is 1. The molecule has 29 heavy (non-hydrogen) atoms. The summed E-state index contributed by atoms with van der Waals surface area (Å²) in [4.78, 5) is 13.5. The summed E-state index contributed by atoms with van der Waals surface area (Å²) in [5.74, 6) is 2.10. The first-order chi connectivity index (χ1) is 14.2. The molecule has 1 aromatic carbocycles. The van der Waals surface area contributed by atoms with E-state index in [-0.39, 0.29) is 0 Å². The Balaban J connectivity index is 1.83. The van der Waals surface area contributed by atoms with Crippen LogP contribution in [-0.4, -0.2) is 36.3 Å². The van der Waals surface area contributed by atoms with E-state index in [0.717, 1.165) is 41.9 Å². The predicted molar refractivity (Wildman–Crippen MR) is 113 cm³/mol. The lowest BCUT2D eigenvalue weighted by atomic mass is 10.1. The molecule has 0 spiro atoms. The van der Waals surface area contributed by atoms with E-state index in [1.165, 1.54) is 0 Å². The number of anilines is 2. The van der Waals surface area contributed by atoms with Gasteiger partial charge >= 0.3 is 0 Å². The Hall–Kier alpha value is -3.35. The maximum atomic E-state index is 5.40. The van der Waals surface area contributed by atoms with Crippen molar-refractivity contribution in [1.29, 1.82) is 0 Å². The third kappa shape index (κ3) is 4.93. The summed E-state index contributed by atoms with van der Waals surface area (Å²) in [6.07, 6.45) is 6.87. The van der Waals surface area contributed by atoms with E-state index in [1.807, 2.05) is 30.5 Å². The van der Waals surface area contributed by atoms with Crippen molar-refractivity contribution in [1.82, 2.24) is 15.0 Å². The number of unbranched alkanes of at least 4 members (excludes halogenated alkanes) is 1. The molecule has 2 heterocycles. The summed E-state index contributed by atoms with van der Waals surface area (Å²) < 4.78 is 16.1. The minimum Gasteiger partial charge on any atom is -0.493 e. The number of benzene rings is 1. The Morgan fingerprint density at radius 3 is 2.28 bits per heavy atom. The topological polar surface area (TPSA) is 78.4 Å². The molecule has 0 fully saturated rings. The lowest BCUT2D eigenvalue weighted by Gasteiger charge is -2.14. The van der Waals surface area contributed by atoms with Crippen LogP contribution in [0, 0.1) is 0 Å². The molecular weight excluding hydrogens is 368 g/mol. The summed E-state index contributed by atoms with van der Waals surface area (Å²) in [6, 6.07) is 9.58. The molecule has 1 N–H and O–H groups in total. The lowest BCUT2D eigenvalue weighted by Crippen LogP contribution is -2.01. The molecule has 0 aliphatic carbocycles. The van der Waals surface area contributed by atoms with Gasteiger partial charge in [-0.15, -0.1) is 0 Å². The van der Waals surface area contributed by atoms with E-state index >= 15 is 0 Å². The molecule has 0 bridgehead atoms. The number of nitrogens with zero attached hydrogens (tertiary/aromatic N) is 3. The third-order valence-electron chi connectivity index (χ3n) is 4.48. The van der Waals surface area contributed by atoms with Gasteiger partial charge in [0.05, 0.1) is 27.0 Å². The average Bonchev–Trinajstić information content (AvgIpc) is 2.77. The fourth-order valence-electron chi connectivity index (χ4n) is 2.94. The van der Waals surface area contributed by atoms with Crippen molar-refractivity contribution in [3.8, 4) is 28.5 Å². The number of methoxy groups -OCH3 is 3. The van der Waals surface area contributed by atoms with Crippen LogP contribution >= 0.6 is 0 Å². The number of hydrogen-bond acceptors (Lipinski definition) is 7. The fourth-order valence-corrected chi connectivity index (χ4v) is 2.94. The molecule has 0 aliphatic rings. The highest BCUT2D eigenvalue weighted by atomic mass is 16.5. The molecule has 0 radical (unpaired) electrons. The first-order valence-electron chi connectivity index (χ1n) is 9.53. The van der Waals surface area contributed by atoms with Crippen molar-refractivity contribution in [2.45, 2.75) is 26.2 Å². The first kappa shape index (κ1) is 20.4. The Morgan fingerprint density at radius 2 is 1.69 bits per heavy atom. The van der Waals surface area contributed by atoms with Gasteiger partial charge < -0.3 is 19.5 Å². The molecule has 0 atom stereocenters. The van der Waals surface area contributed by atoms with Crippen LogP contribution in [-0.2, 0) is 6.42 Å². The maximum Gasteiger partial charge on any atom is 0.227 e. The molecular formula is C22H26N4O3. The second-order valence-electron chi connectivity index (χ2n) is 6.45. The van der Waals surface area contributed by atoms with E-state index in [4.69, 9.17) is 14.2 Å². The number of rotatable bonds is 9. The monoisotopic (exact) mass is 394 g/mol.